The Morgan fingerprint density at radius 2 is 1.52 bits per heavy atom. The number of hydrogen-bond donors (Lipinski definition) is 0. The van der Waals surface area contributed by atoms with E-state index in [-0.39, 0.29) is 5.43 Å². The van der Waals surface area contributed by atoms with E-state index in [0.717, 1.165) is 0 Å². The molecule has 0 aliphatic heterocycles. The standard InChI is InChI=1S/C18H17.C9H13.C2H6Si.Zr/c1-12-9-13(2)18-16(10-12)11-14(3)17(18)15-7-5-4-6-8-15;1-6-5-7(2)9(4)8(6)3;1-3-2;/h4-11H,1-3H3;6H,1-4H3;1-2H3;/q2*-1;;+2. The van der Waals surface area contributed by atoms with Gasteiger partial charge < -0.3 is 0 Å². The van der Waals surface area contributed by atoms with E-state index in [2.05, 4.69) is 116 Å². The van der Waals surface area contributed by atoms with Crippen molar-refractivity contribution >= 4 is 16.2 Å². The molecule has 31 heavy (non-hydrogen) atoms. The van der Waals surface area contributed by atoms with E-state index in [1.807, 2.05) is 0 Å². The third-order valence-corrected chi connectivity index (χ3v) is 5.83. The van der Waals surface area contributed by atoms with E-state index in [4.69, 9.17) is 0 Å². The van der Waals surface area contributed by atoms with Crippen LogP contribution in [0, 0.1) is 32.8 Å². The van der Waals surface area contributed by atoms with Crippen molar-refractivity contribution in [1.29, 1.82) is 0 Å². The molecule has 3 aromatic carbocycles. The molecular formula is C29H36SiZr. The second-order valence-electron chi connectivity index (χ2n) is 8.91. The second kappa shape index (κ2) is 11.5. The number of allylic oxidation sites excluding steroid dienone is 4. The Hall–Kier alpha value is -1.37. The quantitative estimate of drug-likeness (QED) is 0.230. The summed E-state index contributed by atoms with van der Waals surface area (Å²) in [6.07, 6.45) is 3.36. The zero-order valence-electron chi connectivity index (χ0n) is 20.7. The molecule has 1 atom stereocenters. The molecule has 4 rings (SSSR count). The molecule has 0 saturated carbocycles. The smallest absolute Gasteiger partial charge is 0.0486 e. The second-order valence-corrected chi connectivity index (χ2v) is 18.3. The van der Waals surface area contributed by atoms with Gasteiger partial charge in [-0.05, 0) is 13.8 Å². The predicted octanol–water partition coefficient (Wildman–Crippen LogP) is 8.66. The molecule has 0 spiro atoms. The molecule has 1 unspecified atom stereocenters. The third-order valence-electron chi connectivity index (χ3n) is 5.83. The molecule has 0 fully saturated rings. The van der Waals surface area contributed by atoms with Gasteiger partial charge in [-0.25, -0.2) is 5.57 Å². The number of hydrogen-bond acceptors (Lipinski definition) is 0. The van der Waals surface area contributed by atoms with Gasteiger partial charge in [-0.3, -0.25) is 6.08 Å². The molecule has 0 aromatic heterocycles. The molecule has 0 nitrogen and oxygen atoms in total. The summed E-state index contributed by atoms with van der Waals surface area (Å²) in [6.45, 7) is 19.9. The zero-order valence-corrected chi connectivity index (χ0v) is 24.2. The predicted molar refractivity (Wildman–Crippen MR) is 137 cm³/mol. The summed E-state index contributed by atoms with van der Waals surface area (Å²) in [4.78, 5) is 0. The molecule has 0 heterocycles. The van der Waals surface area contributed by atoms with Crippen LogP contribution in [-0.4, -0.2) is 5.43 Å². The third kappa shape index (κ3) is 6.80. The van der Waals surface area contributed by atoms with Gasteiger partial charge in [0.05, 0.1) is 0 Å². The van der Waals surface area contributed by atoms with Gasteiger partial charge in [-0.2, -0.15) is 11.1 Å². The average molecular weight is 504 g/mol. The number of benzene rings is 2. The summed E-state index contributed by atoms with van der Waals surface area (Å²) in [7, 11) is 0. The van der Waals surface area contributed by atoms with Crippen LogP contribution in [0.5, 0.6) is 0 Å². The average Bonchev–Trinajstić information content (AvgIpc) is 3.13. The van der Waals surface area contributed by atoms with Gasteiger partial charge in [0.2, 0.25) is 0 Å². The minimum atomic E-state index is 0.210. The van der Waals surface area contributed by atoms with Gasteiger partial charge in [0, 0.05) is 0 Å². The van der Waals surface area contributed by atoms with E-state index in [9.17, 15) is 0 Å². The van der Waals surface area contributed by atoms with Crippen LogP contribution >= 0.6 is 0 Å². The Labute approximate surface area is 205 Å². The van der Waals surface area contributed by atoms with Crippen LogP contribution in [-0.2, 0) is 23.3 Å². The fourth-order valence-electron chi connectivity index (χ4n) is 4.10. The van der Waals surface area contributed by atoms with Crippen molar-refractivity contribution in [3.8, 4) is 11.1 Å². The van der Waals surface area contributed by atoms with Gasteiger partial charge >= 0.3 is 41.9 Å². The summed E-state index contributed by atoms with van der Waals surface area (Å²) in [5, 5.41) is 2.77. The van der Waals surface area contributed by atoms with Gasteiger partial charge in [0.1, 0.15) is 0 Å². The molecule has 0 N–H and O–H groups in total. The molecule has 1 aliphatic carbocycles. The van der Waals surface area contributed by atoms with Crippen molar-refractivity contribution in [1.82, 2.24) is 0 Å². The molecule has 3 aromatic rings. The van der Waals surface area contributed by atoms with Crippen molar-refractivity contribution in [2.24, 2.45) is 5.92 Å². The van der Waals surface area contributed by atoms with Crippen LogP contribution in [0.3, 0.4) is 0 Å². The van der Waals surface area contributed by atoms with Gasteiger partial charge in [0.15, 0.2) is 0 Å². The molecular weight excluding hydrogens is 468 g/mol. The van der Waals surface area contributed by atoms with Crippen LogP contribution in [0.4, 0.5) is 0 Å². The first-order chi connectivity index (χ1) is 14.5. The van der Waals surface area contributed by atoms with Crippen molar-refractivity contribution < 1.29 is 23.3 Å². The Bertz CT molecular complexity index is 1120. The minimum absolute atomic E-state index is 0.210. The first-order valence-electron chi connectivity index (χ1n) is 11.0. The molecule has 1 aliphatic rings. The summed E-state index contributed by atoms with van der Waals surface area (Å²) < 4.78 is 0. The summed E-state index contributed by atoms with van der Waals surface area (Å²) in [5.74, 6) is 0.560. The van der Waals surface area contributed by atoms with E-state index >= 15 is 0 Å². The normalized spacial score (nSPS) is 15.2. The van der Waals surface area contributed by atoms with Crippen LogP contribution in [0.2, 0.25) is 13.1 Å². The van der Waals surface area contributed by atoms with Crippen LogP contribution in [0.15, 0.2) is 65.3 Å². The Balaban J connectivity index is 0.000000220. The van der Waals surface area contributed by atoms with E-state index < -0.39 is 0 Å². The summed E-state index contributed by atoms with van der Waals surface area (Å²) in [5.41, 5.74) is 11.2. The topological polar surface area (TPSA) is 0 Å². The fourth-order valence-corrected chi connectivity index (χ4v) is 4.10. The molecule has 0 bridgehead atoms. The van der Waals surface area contributed by atoms with E-state index in [0.29, 0.717) is 5.92 Å². The van der Waals surface area contributed by atoms with Gasteiger partial charge in [-0.1, -0.05) is 86.7 Å². The first kappa shape index (κ1) is 25.9. The first-order valence-corrected chi connectivity index (χ1v) is 17.2. The Morgan fingerprint density at radius 3 is 1.97 bits per heavy atom. The summed E-state index contributed by atoms with van der Waals surface area (Å²) >= 11 is 1.74. The van der Waals surface area contributed by atoms with Crippen LogP contribution in [0.1, 0.15) is 44.4 Å². The monoisotopic (exact) mass is 502 g/mol. The molecule has 160 valence electrons. The Kier molecular flexibility index (Phi) is 9.59. The Morgan fingerprint density at radius 1 is 0.935 bits per heavy atom. The largest absolute Gasteiger partial charge is 0.149 e. The van der Waals surface area contributed by atoms with Crippen molar-refractivity contribution in [3.63, 3.8) is 0 Å². The fraction of sp³-hybridized carbons (Fsp3) is 0.345. The zero-order chi connectivity index (χ0) is 23.3. The van der Waals surface area contributed by atoms with Crippen molar-refractivity contribution in [2.75, 3.05) is 0 Å². The van der Waals surface area contributed by atoms with Crippen molar-refractivity contribution in [2.45, 2.75) is 61.6 Å². The van der Waals surface area contributed by atoms with Gasteiger partial charge in [0.25, 0.3) is 0 Å². The van der Waals surface area contributed by atoms with Crippen molar-refractivity contribution in [3.05, 3.63) is 88.0 Å². The van der Waals surface area contributed by atoms with Crippen LogP contribution in [0.25, 0.3) is 21.9 Å². The molecule has 2 heteroatoms. The molecule has 0 amide bonds. The number of fused-ring (bicyclic) bond motifs is 1. The minimum Gasteiger partial charge on any atom is -0.149 e. The van der Waals surface area contributed by atoms with Gasteiger partial charge in [-0.15, -0.1) is 41.0 Å². The maximum atomic E-state index is 3.36. The number of aryl methyl sites for hydroxylation is 3. The SMILES string of the molecule is CC1=[C-]C(C)C(C)=C1C.C[Si](C)=[Zr+2].Cc1cc(C)c2c(-c3ccccc3)c(C)[cH-]c2c1. The molecule has 0 radical (unpaired) electrons. The molecule has 0 saturated heterocycles. The van der Waals surface area contributed by atoms with E-state index in [1.54, 1.807) is 23.3 Å². The van der Waals surface area contributed by atoms with E-state index in [1.165, 1.54) is 55.3 Å². The summed E-state index contributed by atoms with van der Waals surface area (Å²) in [6, 6.07) is 17.5. The maximum absolute atomic E-state index is 3.36. The number of rotatable bonds is 1. The maximum Gasteiger partial charge on any atom is -0.0486 e. The van der Waals surface area contributed by atoms with Crippen LogP contribution < -0.4 is 0 Å².